The van der Waals surface area contributed by atoms with Gasteiger partial charge in [0.15, 0.2) is 0 Å². The van der Waals surface area contributed by atoms with E-state index >= 15 is 0 Å². The number of nitrogens with one attached hydrogen (secondary N) is 2. The van der Waals surface area contributed by atoms with Crippen LogP contribution in [0.25, 0.3) is 0 Å². The second-order valence-electron chi connectivity index (χ2n) is 7.91. The number of carbonyl (C=O) groups excluding carboxylic acids is 3. The van der Waals surface area contributed by atoms with Crippen LogP contribution < -0.4 is 10.6 Å². The highest BCUT2D eigenvalue weighted by molar-refractivity contribution is 7.10. The fourth-order valence-corrected chi connectivity index (χ4v) is 6.27. The highest BCUT2D eigenvalue weighted by Crippen LogP contribution is 2.42. The molecule has 2 atom stereocenters. The molecule has 1 aromatic carbocycles. The van der Waals surface area contributed by atoms with E-state index in [4.69, 9.17) is 0 Å². The minimum Gasteiger partial charge on any atom is -0.343 e. The monoisotopic (exact) mass is 469 g/mol. The topological polar surface area (TPSA) is 78.5 Å². The van der Waals surface area contributed by atoms with Crippen molar-refractivity contribution in [2.24, 2.45) is 0 Å². The van der Waals surface area contributed by atoms with Gasteiger partial charge in [-0.25, -0.2) is 9.18 Å². The highest BCUT2D eigenvalue weighted by Gasteiger charge is 2.54. The lowest BCUT2D eigenvalue weighted by Crippen LogP contribution is -2.47. The first-order valence-corrected chi connectivity index (χ1v) is 12.0. The van der Waals surface area contributed by atoms with E-state index in [1.165, 1.54) is 23.5 Å². The first-order chi connectivity index (χ1) is 15.5. The van der Waals surface area contributed by atoms with E-state index in [0.29, 0.717) is 12.0 Å². The summed E-state index contributed by atoms with van der Waals surface area (Å²) in [6.45, 7) is -0.380. The van der Waals surface area contributed by atoms with Crippen molar-refractivity contribution in [2.75, 3.05) is 6.54 Å². The summed E-state index contributed by atoms with van der Waals surface area (Å²) in [6, 6.07) is 10.5. The molecular weight excluding hydrogens is 449 g/mol. The van der Waals surface area contributed by atoms with Crippen LogP contribution in [0.2, 0.25) is 0 Å². The summed E-state index contributed by atoms with van der Waals surface area (Å²) >= 11 is 3.04. The summed E-state index contributed by atoms with van der Waals surface area (Å²) in [4.78, 5) is 42.0. The number of hydrogen-bond acceptors (Lipinski definition) is 5. The summed E-state index contributed by atoms with van der Waals surface area (Å²) in [7, 11) is 0. The van der Waals surface area contributed by atoms with E-state index in [0.717, 1.165) is 33.1 Å². The molecule has 1 aliphatic heterocycles. The van der Waals surface area contributed by atoms with E-state index in [9.17, 15) is 18.8 Å². The average molecular weight is 470 g/mol. The van der Waals surface area contributed by atoms with Crippen molar-refractivity contribution in [1.29, 1.82) is 0 Å². The van der Waals surface area contributed by atoms with Crippen molar-refractivity contribution in [1.82, 2.24) is 15.5 Å². The predicted molar refractivity (Wildman–Crippen MR) is 120 cm³/mol. The van der Waals surface area contributed by atoms with E-state index in [2.05, 4.69) is 10.6 Å². The van der Waals surface area contributed by atoms with Gasteiger partial charge in [0.05, 0.1) is 6.04 Å². The van der Waals surface area contributed by atoms with Crippen molar-refractivity contribution in [3.63, 3.8) is 0 Å². The predicted octanol–water partition coefficient (Wildman–Crippen LogP) is 3.94. The van der Waals surface area contributed by atoms with E-state index in [-0.39, 0.29) is 18.3 Å². The Hall–Kier alpha value is -3.04. The van der Waals surface area contributed by atoms with E-state index in [1.54, 1.807) is 23.5 Å². The molecule has 5 rings (SSSR count). The lowest BCUT2D eigenvalue weighted by Gasteiger charge is -2.31. The minimum absolute atomic E-state index is 0.366. The number of thiophene rings is 2. The van der Waals surface area contributed by atoms with Gasteiger partial charge in [-0.1, -0.05) is 18.2 Å². The zero-order valence-corrected chi connectivity index (χ0v) is 18.6. The maximum absolute atomic E-state index is 13.4. The zero-order chi connectivity index (χ0) is 22.3. The number of carbonyl (C=O) groups is 3. The van der Waals surface area contributed by atoms with Gasteiger partial charge in [-0.2, -0.15) is 0 Å². The Morgan fingerprint density at radius 3 is 2.72 bits per heavy atom. The van der Waals surface area contributed by atoms with Gasteiger partial charge in [0.1, 0.15) is 17.9 Å². The van der Waals surface area contributed by atoms with Crippen molar-refractivity contribution < 1.29 is 18.8 Å². The van der Waals surface area contributed by atoms with Gasteiger partial charge in [0.2, 0.25) is 5.91 Å². The third kappa shape index (κ3) is 3.51. The molecule has 3 heterocycles. The van der Waals surface area contributed by atoms with E-state index in [1.807, 2.05) is 29.0 Å². The molecule has 1 fully saturated rings. The Labute approximate surface area is 192 Å². The van der Waals surface area contributed by atoms with Gasteiger partial charge >= 0.3 is 6.03 Å². The Morgan fingerprint density at radius 1 is 1.16 bits per heavy atom. The highest BCUT2D eigenvalue weighted by atomic mass is 32.1. The molecule has 2 N–H and O–H groups in total. The average Bonchev–Trinajstić information content (AvgIpc) is 3.52. The molecule has 6 nitrogen and oxygen atoms in total. The van der Waals surface area contributed by atoms with Crippen LogP contribution in [-0.2, 0) is 21.5 Å². The maximum atomic E-state index is 13.4. The summed E-state index contributed by atoms with van der Waals surface area (Å²) < 4.78 is 13.4. The van der Waals surface area contributed by atoms with Crippen LogP contribution in [0.5, 0.6) is 0 Å². The largest absolute Gasteiger partial charge is 0.343 e. The standard InChI is InChI=1S/C23H20FN3O3S2/c24-15-7-5-14(6-8-15)20(18-4-2-11-31-18)25-19(28)13-27-21(29)23(26-22(27)30)10-1-3-17-16(23)9-12-32-17/h2,4-9,11-12,20H,1,3,10,13H2,(H,25,28)(H,26,30). The smallest absolute Gasteiger partial charge is 0.325 e. The molecule has 0 saturated carbocycles. The Morgan fingerprint density at radius 2 is 1.97 bits per heavy atom. The van der Waals surface area contributed by atoms with Crippen molar-refractivity contribution in [2.45, 2.75) is 30.8 Å². The number of nitrogens with zero attached hydrogens (tertiary/aromatic N) is 1. The van der Waals surface area contributed by atoms with Crippen LogP contribution in [-0.4, -0.2) is 29.3 Å². The summed E-state index contributed by atoms with van der Waals surface area (Å²) in [5.74, 6) is -1.21. The second-order valence-corrected chi connectivity index (χ2v) is 9.89. The van der Waals surface area contributed by atoms with Gasteiger partial charge in [-0.3, -0.25) is 14.5 Å². The molecule has 3 aromatic rings. The van der Waals surface area contributed by atoms with Crippen LogP contribution in [0, 0.1) is 5.82 Å². The van der Waals surface area contributed by atoms with Crippen molar-refractivity contribution >= 4 is 40.5 Å². The molecule has 1 aliphatic carbocycles. The van der Waals surface area contributed by atoms with Crippen molar-refractivity contribution in [3.05, 3.63) is 79.9 Å². The van der Waals surface area contributed by atoms with Gasteiger partial charge in [0, 0.05) is 15.3 Å². The molecule has 1 spiro atoms. The fraction of sp³-hybridized carbons (Fsp3) is 0.261. The fourth-order valence-electron chi connectivity index (χ4n) is 4.46. The number of rotatable bonds is 5. The van der Waals surface area contributed by atoms with Crippen LogP contribution >= 0.6 is 22.7 Å². The minimum atomic E-state index is -1.07. The SMILES string of the molecule is O=C(CN1C(=O)NC2(CCCc3sccc32)C1=O)NC(c1ccc(F)cc1)c1cccs1. The molecule has 0 radical (unpaired) electrons. The Balaban J connectivity index is 1.36. The van der Waals surface area contributed by atoms with Crippen LogP contribution in [0.3, 0.4) is 0 Å². The quantitative estimate of drug-likeness (QED) is 0.556. The van der Waals surface area contributed by atoms with Gasteiger partial charge in [0.25, 0.3) is 5.91 Å². The Kier molecular flexibility index (Phi) is 5.30. The van der Waals surface area contributed by atoms with Gasteiger partial charge in [-0.05, 0) is 59.9 Å². The first-order valence-electron chi connectivity index (χ1n) is 10.3. The molecule has 4 amide bonds. The Bertz CT molecular complexity index is 1180. The lowest BCUT2D eigenvalue weighted by atomic mass is 9.80. The molecule has 164 valence electrons. The number of benzene rings is 1. The zero-order valence-electron chi connectivity index (χ0n) is 17.0. The number of amides is 4. The molecule has 2 aromatic heterocycles. The second kappa shape index (κ2) is 8.14. The molecule has 32 heavy (non-hydrogen) atoms. The molecule has 0 bridgehead atoms. The molecule has 2 unspecified atom stereocenters. The number of halogens is 1. The maximum Gasteiger partial charge on any atom is 0.325 e. The molecular formula is C23H20FN3O3S2. The summed E-state index contributed by atoms with van der Waals surface area (Å²) in [5, 5.41) is 9.59. The number of hydrogen-bond donors (Lipinski definition) is 2. The third-order valence-corrected chi connectivity index (χ3v) is 7.89. The van der Waals surface area contributed by atoms with Gasteiger partial charge < -0.3 is 10.6 Å². The number of aryl methyl sites for hydroxylation is 1. The number of fused-ring (bicyclic) bond motifs is 2. The van der Waals surface area contributed by atoms with Crippen LogP contribution in [0.4, 0.5) is 9.18 Å². The van der Waals surface area contributed by atoms with Gasteiger partial charge in [-0.15, -0.1) is 22.7 Å². The first kappa shape index (κ1) is 20.8. The molecule has 1 saturated heterocycles. The summed E-state index contributed by atoms with van der Waals surface area (Å²) in [5.41, 5.74) is 0.485. The van der Waals surface area contributed by atoms with Crippen molar-refractivity contribution in [3.8, 4) is 0 Å². The third-order valence-electron chi connectivity index (χ3n) is 5.97. The number of imide groups is 1. The molecule has 2 aliphatic rings. The van der Waals surface area contributed by atoms with E-state index < -0.39 is 23.5 Å². The number of urea groups is 1. The normalized spacial score (nSPS) is 20.8. The van der Waals surface area contributed by atoms with Crippen LogP contribution in [0.15, 0.2) is 53.2 Å². The summed E-state index contributed by atoms with van der Waals surface area (Å²) in [6.07, 6.45) is 2.20. The lowest BCUT2D eigenvalue weighted by molar-refractivity contribution is -0.135. The van der Waals surface area contributed by atoms with Crippen LogP contribution in [0.1, 0.15) is 39.8 Å². The molecule has 9 heteroatoms.